The maximum Gasteiger partial charge on any atom is 0.123 e. The Kier molecular flexibility index (Phi) is 10.9. The average Bonchev–Trinajstić information content (AvgIpc) is 2.98. The van der Waals surface area contributed by atoms with E-state index in [4.69, 9.17) is 10.2 Å². The van der Waals surface area contributed by atoms with Gasteiger partial charge in [0.2, 0.25) is 0 Å². The van der Waals surface area contributed by atoms with Crippen molar-refractivity contribution in [3.05, 3.63) is 84.0 Å². The Bertz CT molecular complexity index is 532. The van der Waals surface area contributed by atoms with E-state index in [9.17, 15) is 8.78 Å². The molecule has 5 heteroatoms. The van der Waals surface area contributed by atoms with Crippen molar-refractivity contribution < 1.29 is 45.2 Å². The molecule has 0 saturated heterocycles. The van der Waals surface area contributed by atoms with Crippen LogP contribution in [0.25, 0.3) is 0 Å². The summed E-state index contributed by atoms with van der Waals surface area (Å²) >= 11 is 0. The average molecular weight is 395 g/mol. The summed E-state index contributed by atoms with van der Waals surface area (Å²) in [5, 5.41) is 17.2. The summed E-state index contributed by atoms with van der Waals surface area (Å²) in [6.07, 6.45) is 8.24. The quantitative estimate of drug-likeness (QED) is 0.633. The topological polar surface area (TPSA) is 40.5 Å². The fourth-order valence-electron chi connectivity index (χ4n) is 1.38. The molecule has 0 spiro atoms. The molecule has 23 heavy (non-hydrogen) atoms. The van der Waals surface area contributed by atoms with Crippen molar-refractivity contribution in [2.24, 2.45) is 0 Å². The molecule has 0 heterocycles. The van der Waals surface area contributed by atoms with E-state index in [2.05, 4.69) is 19.1 Å². The van der Waals surface area contributed by atoms with E-state index in [1.165, 1.54) is 54.1 Å². The molecule has 3 rings (SSSR count). The van der Waals surface area contributed by atoms with Crippen molar-refractivity contribution in [3.63, 3.8) is 0 Å². The van der Waals surface area contributed by atoms with Crippen LogP contribution in [0.1, 0.15) is 13.3 Å². The largest absolute Gasteiger partial charge is 0.508 e. The minimum atomic E-state index is -0.331. The Balaban J connectivity index is 0.000000312. The molecule has 0 bridgehead atoms. The maximum absolute atomic E-state index is 12.0. The summed E-state index contributed by atoms with van der Waals surface area (Å²) in [6, 6.07) is 10.0. The van der Waals surface area contributed by atoms with Gasteiger partial charge in [0.05, 0.1) is 0 Å². The second kappa shape index (κ2) is 11.8. The second-order valence-electron chi connectivity index (χ2n) is 4.45. The van der Waals surface area contributed by atoms with Crippen molar-refractivity contribution in [1.29, 1.82) is 0 Å². The molecule has 0 saturated carbocycles. The van der Waals surface area contributed by atoms with E-state index >= 15 is 0 Å². The molecule has 0 aromatic heterocycles. The molecule has 2 N–H and O–H groups in total. The van der Waals surface area contributed by atoms with Gasteiger partial charge in [0.15, 0.2) is 0 Å². The predicted molar refractivity (Wildman–Crippen MR) is 82.3 cm³/mol. The zero-order valence-corrected chi connectivity index (χ0v) is 15.1. The maximum atomic E-state index is 12.0. The molecule has 2 nitrogen and oxygen atoms in total. The minimum absolute atomic E-state index is 0. The number of phenols is 2. The number of hydrogen-bond donors (Lipinski definition) is 2. The first-order chi connectivity index (χ1) is 10.5. The Morgan fingerprint density at radius 3 is 1.39 bits per heavy atom. The van der Waals surface area contributed by atoms with Crippen molar-refractivity contribution in [1.82, 2.24) is 0 Å². The molecule has 0 radical (unpaired) electrons. The van der Waals surface area contributed by atoms with Crippen molar-refractivity contribution in [2.45, 2.75) is 13.3 Å². The van der Waals surface area contributed by atoms with Gasteiger partial charge >= 0.3 is 0 Å². The van der Waals surface area contributed by atoms with E-state index in [0.29, 0.717) is 0 Å². The molecule has 1 aliphatic rings. The number of benzene rings is 2. The fraction of sp³-hybridized carbons (Fsp3) is 0.111. The fourth-order valence-corrected chi connectivity index (χ4v) is 1.38. The Morgan fingerprint density at radius 2 is 1.22 bits per heavy atom. The van der Waals surface area contributed by atoms with E-state index in [1.807, 2.05) is 6.08 Å². The number of halogens is 2. The molecule has 1 aliphatic carbocycles. The second-order valence-corrected chi connectivity index (χ2v) is 4.45. The van der Waals surface area contributed by atoms with Crippen LogP contribution in [-0.2, 0) is 26.2 Å². The van der Waals surface area contributed by atoms with Gasteiger partial charge in [0.25, 0.3) is 0 Å². The first kappa shape index (κ1) is 21.3. The molecule has 0 unspecified atom stereocenters. The molecule has 2 aromatic carbocycles. The summed E-state index contributed by atoms with van der Waals surface area (Å²) in [7, 11) is 0. The number of allylic oxidation sites excluding steroid dienone is 4. The first-order valence-corrected chi connectivity index (χ1v) is 6.60. The van der Waals surface area contributed by atoms with Gasteiger partial charge in [-0.25, -0.2) is 20.4 Å². The van der Waals surface area contributed by atoms with Crippen LogP contribution in [0.15, 0.2) is 66.3 Å². The van der Waals surface area contributed by atoms with E-state index in [-0.39, 0.29) is 49.3 Å². The zero-order valence-electron chi connectivity index (χ0n) is 12.6. The van der Waals surface area contributed by atoms with Crippen LogP contribution in [0.5, 0.6) is 11.5 Å². The van der Waals surface area contributed by atoms with Crippen LogP contribution >= 0.6 is 0 Å². The van der Waals surface area contributed by atoms with Crippen LogP contribution in [0.4, 0.5) is 8.78 Å². The molecule has 0 aliphatic heterocycles. The van der Waals surface area contributed by atoms with Crippen LogP contribution in [0, 0.1) is 17.7 Å². The molecule has 0 atom stereocenters. The van der Waals surface area contributed by atoms with Gasteiger partial charge in [-0.1, -0.05) is 0 Å². The summed E-state index contributed by atoms with van der Waals surface area (Å²) in [5.74, 6) is -0.483. The third-order valence-corrected chi connectivity index (χ3v) is 2.52. The minimum Gasteiger partial charge on any atom is -0.508 e. The van der Waals surface area contributed by atoms with Gasteiger partial charge in [0, 0.05) is 26.2 Å². The van der Waals surface area contributed by atoms with Gasteiger partial charge in [-0.15, -0.1) is 13.3 Å². The van der Waals surface area contributed by atoms with Crippen LogP contribution < -0.4 is 0 Å². The molecule has 0 fully saturated rings. The Hall–Kier alpha value is -1.74. The standard InChI is InChI=1S/2C6H5FO.C6H7.Zr/c2*7-5-1-3-6(8)4-2-5;1-6-4-2-3-5-6;/h2*1-4,8H;4-5H,2H2,1H3;/q;;-1;. The molecular weight excluding hydrogens is 377 g/mol. The molecule has 0 amide bonds. The number of rotatable bonds is 0. The predicted octanol–water partition coefficient (Wildman–Crippen LogP) is 4.76. The zero-order chi connectivity index (χ0) is 16.4. The monoisotopic (exact) mass is 393 g/mol. The SMILES string of the molecule is CC1=CC[C-]=C1.Oc1ccc(F)cc1.Oc1ccc(F)cc1.[Zr]. The van der Waals surface area contributed by atoms with Gasteiger partial charge in [-0.2, -0.15) is 6.08 Å². The van der Waals surface area contributed by atoms with E-state index < -0.39 is 0 Å². The summed E-state index contributed by atoms with van der Waals surface area (Å²) in [4.78, 5) is 0. The third-order valence-electron chi connectivity index (χ3n) is 2.52. The summed E-state index contributed by atoms with van der Waals surface area (Å²) in [5.41, 5.74) is 1.34. The van der Waals surface area contributed by atoms with Gasteiger partial charge in [0.1, 0.15) is 23.1 Å². The van der Waals surface area contributed by atoms with E-state index in [1.54, 1.807) is 0 Å². The van der Waals surface area contributed by atoms with Crippen LogP contribution in [0.2, 0.25) is 0 Å². The first-order valence-electron chi connectivity index (χ1n) is 6.60. The Labute approximate surface area is 153 Å². The molecule has 120 valence electrons. The van der Waals surface area contributed by atoms with Gasteiger partial charge < -0.3 is 10.2 Å². The molecule has 2 aromatic rings. The third kappa shape index (κ3) is 10.6. The van der Waals surface area contributed by atoms with Gasteiger partial charge in [-0.3, -0.25) is 6.08 Å². The van der Waals surface area contributed by atoms with Crippen LogP contribution in [0.3, 0.4) is 0 Å². The Morgan fingerprint density at radius 1 is 0.826 bits per heavy atom. The van der Waals surface area contributed by atoms with Gasteiger partial charge in [-0.05, 0) is 48.5 Å². The van der Waals surface area contributed by atoms with Crippen molar-refractivity contribution in [2.75, 3.05) is 0 Å². The smallest absolute Gasteiger partial charge is 0.123 e. The van der Waals surface area contributed by atoms with E-state index in [0.717, 1.165) is 6.42 Å². The number of phenolic OH excluding ortho intramolecular Hbond substituents is 2. The van der Waals surface area contributed by atoms with Crippen LogP contribution in [-0.4, -0.2) is 10.2 Å². The molecular formula is C18H17F2O2Zr-. The van der Waals surface area contributed by atoms with Crippen molar-refractivity contribution in [3.8, 4) is 11.5 Å². The summed E-state index contributed by atoms with van der Waals surface area (Å²) < 4.78 is 24.0. The number of aromatic hydroxyl groups is 2. The normalized spacial score (nSPS) is 11.2. The van der Waals surface area contributed by atoms with Crippen molar-refractivity contribution >= 4 is 0 Å². The number of hydrogen-bond acceptors (Lipinski definition) is 2. The summed E-state index contributed by atoms with van der Waals surface area (Å²) in [6.45, 7) is 2.08.